The smallest absolute Gasteiger partial charge is 0.306 e. The van der Waals surface area contributed by atoms with Crippen LogP contribution in [0.1, 0.15) is 62.5 Å². The molecule has 2 atom stereocenters. The Labute approximate surface area is 184 Å². The average molecular weight is 425 g/mol. The molecule has 5 heteroatoms. The highest BCUT2D eigenvalue weighted by Crippen LogP contribution is 2.38. The number of hydrogen-bond acceptors (Lipinski definition) is 4. The number of ether oxygens (including phenoxy) is 2. The van der Waals surface area contributed by atoms with Gasteiger partial charge in [0, 0.05) is 19.6 Å². The number of rotatable bonds is 6. The van der Waals surface area contributed by atoms with E-state index in [-0.39, 0.29) is 12.0 Å². The van der Waals surface area contributed by atoms with E-state index >= 15 is 0 Å². The summed E-state index contributed by atoms with van der Waals surface area (Å²) in [5, 5.41) is 9.01. The molecule has 0 radical (unpaired) electrons. The van der Waals surface area contributed by atoms with Gasteiger partial charge in [-0.2, -0.15) is 0 Å². The van der Waals surface area contributed by atoms with Crippen LogP contribution < -0.4 is 0 Å². The first-order chi connectivity index (χ1) is 15.1. The Kier molecular flexibility index (Phi) is 8.38. The number of carboxylic acid groups (broad SMARTS) is 1. The maximum atomic E-state index is 11.0. The number of hydrogen-bond donors (Lipinski definition) is 1. The molecule has 5 nitrogen and oxygen atoms in total. The van der Waals surface area contributed by atoms with Gasteiger partial charge in [-0.3, -0.25) is 4.79 Å². The predicted molar refractivity (Wildman–Crippen MR) is 119 cm³/mol. The van der Waals surface area contributed by atoms with Crippen molar-refractivity contribution in [1.82, 2.24) is 0 Å². The topological polar surface area (TPSA) is 72.8 Å². The van der Waals surface area contributed by atoms with Crippen LogP contribution in [-0.2, 0) is 30.3 Å². The summed E-state index contributed by atoms with van der Waals surface area (Å²) in [7, 11) is 0. The van der Waals surface area contributed by atoms with E-state index in [9.17, 15) is 9.59 Å². The quantitative estimate of drug-likeness (QED) is 0.643. The fourth-order valence-electron chi connectivity index (χ4n) is 4.54. The number of aliphatic carboxylic acids is 1. The minimum Gasteiger partial charge on any atom is -0.481 e. The second-order valence-corrected chi connectivity index (χ2v) is 8.27. The zero-order valence-electron chi connectivity index (χ0n) is 18.0. The molecule has 0 saturated carbocycles. The first-order valence-electron chi connectivity index (χ1n) is 11.1. The van der Waals surface area contributed by atoms with Crippen LogP contribution in [-0.4, -0.2) is 30.6 Å². The van der Waals surface area contributed by atoms with E-state index in [0.717, 1.165) is 62.5 Å². The van der Waals surface area contributed by atoms with Gasteiger partial charge in [-0.05, 0) is 49.7 Å². The van der Waals surface area contributed by atoms with E-state index in [2.05, 4.69) is 12.1 Å². The molecular formula is C26H32O5. The monoisotopic (exact) mass is 424 g/mol. The Morgan fingerprint density at radius 1 is 0.806 bits per heavy atom. The Morgan fingerprint density at radius 3 is 1.71 bits per heavy atom. The second-order valence-electron chi connectivity index (χ2n) is 8.27. The third-order valence-corrected chi connectivity index (χ3v) is 6.16. The molecule has 2 aliphatic rings. The van der Waals surface area contributed by atoms with Crippen LogP contribution >= 0.6 is 0 Å². The summed E-state index contributed by atoms with van der Waals surface area (Å²) in [6.45, 7) is 1.42. The zero-order valence-corrected chi connectivity index (χ0v) is 18.0. The van der Waals surface area contributed by atoms with E-state index in [0.29, 0.717) is 13.0 Å². The summed E-state index contributed by atoms with van der Waals surface area (Å²) < 4.78 is 11.6. The third-order valence-electron chi connectivity index (χ3n) is 6.16. The lowest BCUT2D eigenvalue weighted by Gasteiger charge is -2.36. The molecule has 2 aromatic rings. The summed E-state index contributed by atoms with van der Waals surface area (Å²) in [6, 6.07) is 19.8. The molecule has 0 spiro atoms. The molecule has 2 fully saturated rings. The summed E-state index contributed by atoms with van der Waals surface area (Å²) in [5.74, 6) is -0.800. The SMILES string of the molecule is O=C(O)CC1(c2ccccc2)CCCCO1.O=CCC1(c2ccccc2)CCCCO1. The Hall–Kier alpha value is -2.50. The van der Waals surface area contributed by atoms with Crippen LogP contribution in [0.15, 0.2) is 60.7 Å². The number of aldehydes is 1. The van der Waals surface area contributed by atoms with Crippen molar-refractivity contribution in [2.75, 3.05) is 13.2 Å². The fraction of sp³-hybridized carbons (Fsp3) is 0.462. The van der Waals surface area contributed by atoms with Crippen molar-refractivity contribution in [2.45, 2.75) is 62.6 Å². The van der Waals surface area contributed by atoms with Crippen molar-refractivity contribution in [1.29, 1.82) is 0 Å². The van der Waals surface area contributed by atoms with E-state index in [1.807, 2.05) is 48.5 Å². The van der Waals surface area contributed by atoms with Crippen LogP contribution in [0.2, 0.25) is 0 Å². The van der Waals surface area contributed by atoms with Gasteiger partial charge in [-0.15, -0.1) is 0 Å². The molecule has 2 saturated heterocycles. The Morgan fingerprint density at radius 2 is 1.29 bits per heavy atom. The van der Waals surface area contributed by atoms with Gasteiger partial charge in [0.05, 0.1) is 12.0 Å². The molecule has 166 valence electrons. The summed E-state index contributed by atoms with van der Waals surface area (Å²) in [4.78, 5) is 21.7. The minimum atomic E-state index is -0.800. The molecular weight excluding hydrogens is 392 g/mol. The first-order valence-corrected chi connectivity index (χ1v) is 11.1. The lowest BCUT2D eigenvalue weighted by molar-refractivity contribution is -0.151. The average Bonchev–Trinajstić information content (AvgIpc) is 2.82. The third kappa shape index (κ3) is 6.02. The van der Waals surface area contributed by atoms with Gasteiger partial charge in [-0.25, -0.2) is 0 Å². The van der Waals surface area contributed by atoms with Crippen LogP contribution in [0.3, 0.4) is 0 Å². The molecule has 1 N–H and O–H groups in total. The number of benzene rings is 2. The highest BCUT2D eigenvalue weighted by molar-refractivity contribution is 5.68. The molecule has 0 aliphatic carbocycles. The Bertz CT molecular complexity index is 806. The van der Waals surface area contributed by atoms with Gasteiger partial charge in [-0.1, -0.05) is 60.7 Å². The van der Waals surface area contributed by atoms with Gasteiger partial charge in [0.25, 0.3) is 0 Å². The van der Waals surface area contributed by atoms with Crippen LogP contribution in [0.4, 0.5) is 0 Å². The zero-order chi connectivity index (χ0) is 22.0. The molecule has 0 bridgehead atoms. The van der Waals surface area contributed by atoms with Crippen molar-refractivity contribution in [3.8, 4) is 0 Å². The van der Waals surface area contributed by atoms with Crippen LogP contribution in [0, 0.1) is 0 Å². The number of carbonyl (C=O) groups is 2. The van der Waals surface area contributed by atoms with E-state index in [1.165, 1.54) is 0 Å². The Balaban J connectivity index is 0.000000176. The second kappa shape index (κ2) is 11.2. The molecule has 31 heavy (non-hydrogen) atoms. The lowest BCUT2D eigenvalue weighted by Crippen LogP contribution is -2.35. The number of carbonyl (C=O) groups excluding carboxylic acids is 1. The molecule has 2 unspecified atom stereocenters. The van der Waals surface area contributed by atoms with Gasteiger partial charge in [0.1, 0.15) is 11.9 Å². The fourth-order valence-corrected chi connectivity index (χ4v) is 4.54. The summed E-state index contributed by atoms with van der Waals surface area (Å²) >= 11 is 0. The predicted octanol–water partition coefficient (Wildman–Crippen LogP) is 5.23. The highest BCUT2D eigenvalue weighted by atomic mass is 16.5. The van der Waals surface area contributed by atoms with Crippen LogP contribution in [0.5, 0.6) is 0 Å². The largest absolute Gasteiger partial charge is 0.481 e. The van der Waals surface area contributed by atoms with E-state index < -0.39 is 11.6 Å². The van der Waals surface area contributed by atoms with Gasteiger partial charge >= 0.3 is 5.97 Å². The van der Waals surface area contributed by atoms with Crippen molar-refractivity contribution >= 4 is 12.3 Å². The van der Waals surface area contributed by atoms with Gasteiger partial charge in [0.2, 0.25) is 0 Å². The van der Waals surface area contributed by atoms with Crippen molar-refractivity contribution in [2.24, 2.45) is 0 Å². The molecule has 2 heterocycles. The summed E-state index contributed by atoms with van der Waals surface area (Å²) in [6.07, 6.45) is 7.54. The van der Waals surface area contributed by atoms with Crippen molar-refractivity contribution in [3.63, 3.8) is 0 Å². The molecule has 2 aliphatic heterocycles. The van der Waals surface area contributed by atoms with Crippen molar-refractivity contribution in [3.05, 3.63) is 71.8 Å². The van der Waals surface area contributed by atoms with Crippen LogP contribution in [0.25, 0.3) is 0 Å². The van der Waals surface area contributed by atoms with Gasteiger partial charge in [0.15, 0.2) is 0 Å². The lowest BCUT2D eigenvalue weighted by atomic mass is 9.84. The maximum Gasteiger partial charge on any atom is 0.306 e. The summed E-state index contributed by atoms with van der Waals surface area (Å²) in [5.41, 5.74) is 1.17. The normalized spacial score (nSPS) is 25.7. The van der Waals surface area contributed by atoms with E-state index in [1.54, 1.807) is 0 Å². The first kappa shape index (κ1) is 23.2. The minimum absolute atomic E-state index is 0.0526. The van der Waals surface area contributed by atoms with Crippen molar-refractivity contribution < 1.29 is 24.2 Å². The van der Waals surface area contributed by atoms with E-state index in [4.69, 9.17) is 14.6 Å². The maximum absolute atomic E-state index is 11.0. The number of carboxylic acids is 1. The standard InChI is InChI=1S/C13H16O3.C13H16O2/c14-12(15)10-13(8-4-5-9-16-13)11-6-2-1-3-7-11;14-10-9-13(8-4-5-11-15-13)12-6-2-1-3-7-12/h1-3,6-7H,4-5,8-10H2,(H,14,15);1-3,6-7,10H,4-5,8-9,11H2. The molecule has 2 aromatic carbocycles. The highest BCUT2D eigenvalue weighted by Gasteiger charge is 2.37. The molecule has 0 amide bonds. The van der Waals surface area contributed by atoms with Gasteiger partial charge < -0.3 is 19.4 Å². The molecule has 4 rings (SSSR count). The molecule has 0 aromatic heterocycles.